The largest absolute Gasteiger partial charge is 0.481 e. The van der Waals surface area contributed by atoms with Gasteiger partial charge in [0.1, 0.15) is 6.10 Å². The molecule has 1 aliphatic rings. The maximum Gasteiger partial charge on any atom is 0.308 e. The fourth-order valence-electron chi connectivity index (χ4n) is 1.72. The molecule has 0 bridgehead atoms. The van der Waals surface area contributed by atoms with Gasteiger partial charge in [0.05, 0.1) is 5.92 Å². The molecule has 1 saturated heterocycles. The predicted molar refractivity (Wildman–Crippen MR) is 57.9 cm³/mol. The van der Waals surface area contributed by atoms with E-state index in [-0.39, 0.29) is 24.5 Å². The Morgan fingerprint density at radius 1 is 1.50 bits per heavy atom. The molecule has 0 aromatic heterocycles. The van der Waals surface area contributed by atoms with Crippen LogP contribution in [0.15, 0.2) is 0 Å². The van der Waals surface area contributed by atoms with E-state index in [1.165, 1.54) is 0 Å². The van der Waals surface area contributed by atoms with Crippen molar-refractivity contribution in [3.8, 4) is 0 Å². The lowest BCUT2D eigenvalue weighted by molar-refractivity contribution is -0.143. The fourth-order valence-corrected chi connectivity index (χ4v) is 1.72. The lowest BCUT2D eigenvalue weighted by Gasteiger charge is -2.18. The average Bonchev–Trinajstić information content (AvgIpc) is 2.69. The normalized spacial score (nSPS) is 22.1. The smallest absolute Gasteiger partial charge is 0.308 e. The van der Waals surface area contributed by atoms with Gasteiger partial charge in [-0.3, -0.25) is 9.59 Å². The third-order valence-corrected chi connectivity index (χ3v) is 2.84. The Morgan fingerprint density at radius 2 is 2.19 bits per heavy atom. The standard InChI is InChI=1S/C11H19NO4/c1-7(2)8(11(14)15)6-12-10(13)9-4-3-5-16-9/h7-9H,3-6H2,1-2H3,(H,12,13)(H,14,15)/t8?,9-/m1/s1. The van der Waals surface area contributed by atoms with Crippen LogP contribution in [-0.2, 0) is 14.3 Å². The van der Waals surface area contributed by atoms with E-state index in [1.54, 1.807) is 0 Å². The van der Waals surface area contributed by atoms with Gasteiger partial charge in [-0.05, 0) is 18.8 Å². The quantitative estimate of drug-likeness (QED) is 0.725. The Labute approximate surface area is 95.2 Å². The van der Waals surface area contributed by atoms with Crippen LogP contribution in [0.4, 0.5) is 0 Å². The van der Waals surface area contributed by atoms with Crippen LogP contribution < -0.4 is 5.32 Å². The van der Waals surface area contributed by atoms with Crippen LogP contribution in [0.25, 0.3) is 0 Å². The van der Waals surface area contributed by atoms with Crippen LogP contribution in [0.5, 0.6) is 0 Å². The zero-order valence-corrected chi connectivity index (χ0v) is 9.73. The van der Waals surface area contributed by atoms with E-state index in [4.69, 9.17) is 9.84 Å². The van der Waals surface area contributed by atoms with Crippen molar-refractivity contribution in [1.82, 2.24) is 5.32 Å². The van der Waals surface area contributed by atoms with E-state index >= 15 is 0 Å². The zero-order valence-electron chi connectivity index (χ0n) is 9.73. The lowest BCUT2D eigenvalue weighted by atomic mass is 9.96. The SMILES string of the molecule is CC(C)C(CNC(=O)[C@H]1CCCO1)C(=O)O. The molecule has 1 heterocycles. The Bertz CT molecular complexity index is 259. The maximum atomic E-state index is 11.6. The second kappa shape index (κ2) is 5.84. The molecule has 2 N–H and O–H groups in total. The van der Waals surface area contributed by atoms with Gasteiger partial charge in [-0.1, -0.05) is 13.8 Å². The first-order valence-electron chi connectivity index (χ1n) is 5.64. The number of nitrogens with one attached hydrogen (secondary N) is 1. The minimum Gasteiger partial charge on any atom is -0.481 e. The van der Waals surface area contributed by atoms with Crippen LogP contribution in [0, 0.1) is 11.8 Å². The minimum absolute atomic E-state index is 0.00213. The van der Waals surface area contributed by atoms with Crippen molar-refractivity contribution >= 4 is 11.9 Å². The molecule has 5 nitrogen and oxygen atoms in total. The molecule has 92 valence electrons. The molecule has 1 fully saturated rings. The molecule has 0 aromatic carbocycles. The van der Waals surface area contributed by atoms with Gasteiger partial charge < -0.3 is 15.2 Å². The van der Waals surface area contributed by atoms with Gasteiger partial charge in [0, 0.05) is 13.2 Å². The molecular weight excluding hydrogens is 210 g/mol. The monoisotopic (exact) mass is 229 g/mol. The number of aliphatic carboxylic acids is 1. The van der Waals surface area contributed by atoms with Gasteiger partial charge in [-0.25, -0.2) is 0 Å². The van der Waals surface area contributed by atoms with Gasteiger partial charge in [0.2, 0.25) is 5.91 Å². The van der Waals surface area contributed by atoms with Gasteiger partial charge >= 0.3 is 5.97 Å². The third-order valence-electron chi connectivity index (χ3n) is 2.84. The minimum atomic E-state index is -0.873. The highest BCUT2D eigenvalue weighted by Crippen LogP contribution is 2.13. The van der Waals surface area contributed by atoms with Gasteiger partial charge in [0.15, 0.2) is 0 Å². The molecular formula is C11H19NO4. The van der Waals surface area contributed by atoms with Crippen LogP contribution in [0.3, 0.4) is 0 Å². The third kappa shape index (κ3) is 3.48. The van der Waals surface area contributed by atoms with E-state index in [9.17, 15) is 9.59 Å². The number of carbonyl (C=O) groups is 2. The van der Waals surface area contributed by atoms with Crippen molar-refractivity contribution in [2.24, 2.45) is 11.8 Å². The van der Waals surface area contributed by atoms with Crippen LogP contribution in [0.1, 0.15) is 26.7 Å². The summed E-state index contributed by atoms with van der Waals surface area (Å²) >= 11 is 0. The van der Waals surface area contributed by atoms with E-state index < -0.39 is 11.9 Å². The molecule has 0 aromatic rings. The van der Waals surface area contributed by atoms with Crippen molar-refractivity contribution in [3.63, 3.8) is 0 Å². The number of amides is 1. The topological polar surface area (TPSA) is 75.6 Å². The summed E-state index contributed by atoms with van der Waals surface area (Å²) in [5.74, 6) is -1.60. The molecule has 1 aliphatic heterocycles. The number of hydrogen-bond acceptors (Lipinski definition) is 3. The van der Waals surface area contributed by atoms with E-state index in [2.05, 4.69) is 5.32 Å². The van der Waals surface area contributed by atoms with Gasteiger partial charge in [-0.15, -0.1) is 0 Å². The maximum absolute atomic E-state index is 11.6. The van der Waals surface area contributed by atoms with Crippen molar-refractivity contribution in [2.75, 3.05) is 13.2 Å². The Hall–Kier alpha value is -1.10. The number of carbonyl (C=O) groups excluding carboxylic acids is 1. The van der Waals surface area contributed by atoms with Crippen molar-refractivity contribution in [1.29, 1.82) is 0 Å². The Kier molecular flexibility index (Phi) is 4.73. The van der Waals surface area contributed by atoms with Crippen molar-refractivity contribution in [2.45, 2.75) is 32.8 Å². The molecule has 0 radical (unpaired) electrons. The van der Waals surface area contributed by atoms with Crippen LogP contribution in [0.2, 0.25) is 0 Å². The molecule has 16 heavy (non-hydrogen) atoms. The first-order chi connectivity index (χ1) is 7.52. The molecule has 1 unspecified atom stereocenters. The molecule has 1 rings (SSSR count). The molecule has 0 spiro atoms. The fraction of sp³-hybridized carbons (Fsp3) is 0.818. The second-order valence-electron chi connectivity index (χ2n) is 4.44. The highest BCUT2D eigenvalue weighted by atomic mass is 16.5. The molecule has 1 amide bonds. The number of ether oxygens (including phenoxy) is 1. The molecule has 0 aliphatic carbocycles. The summed E-state index contributed by atoms with van der Waals surface area (Å²) in [7, 11) is 0. The number of hydrogen-bond donors (Lipinski definition) is 2. The summed E-state index contributed by atoms with van der Waals surface area (Å²) in [6.45, 7) is 4.45. The summed E-state index contributed by atoms with van der Waals surface area (Å²) in [4.78, 5) is 22.5. The number of carboxylic acid groups (broad SMARTS) is 1. The summed E-state index contributed by atoms with van der Waals surface area (Å²) in [5.41, 5.74) is 0. The lowest BCUT2D eigenvalue weighted by Crippen LogP contribution is -2.40. The summed E-state index contributed by atoms with van der Waals surface area (Å²) in [6.07, 6.45) is 1.23. The van der Waals surface area contributed by atoms with Gasteiger partial charge in [-0.2, -0.15) is 0 Å². The summed E-state index contributed by atoms with van der Waals surface area (Å²) in [5, 5.41) is 11.6. The first-order valence-corrected chi connectivity index (χ1v) is 5.64. The predicted octanol–water partition coefficient (Wildman–Crippen LogP) is 0.638. The molecule has 0 saturated carbocycles. The first kappa shape index (κ1) is 13.0. The summed E-state index contributed by atoms with van der Waals surface area (Å²) in [6, 6.07) is 0. The Morgan fingerprint density at radius 3 is 2.62 bits per heavy atom. The molecule has 2 atom stereocenters. The Balaban J connectivity index is 2.36. The van der Waals surface area contributed by atoms with Crippen LogP contribution >= 0.6 is 0 Å². The van der Waals surface area contributed by atoms with E-state index in [1.807, 2.05) is 13.8 Å². The second-order valence-corrected chi connectivity index (χ2v) is 4.44. The molecule has 5 heteroatoms. The van der Waals surface area contributed by atoms with Crippen molar-refractivity contribution < 1.29 is 19.4 Å². The summed E-state index contributed by atoms with van der Waals surface area (Å²) < 4.78 is 5.21. The van der Waals surface area contributed by atoms with E-state index in [0.29, 0.717) is 6.61 Å². The highest BCUT2D eigenvalue weighted by Gasteiger charge is 2.26. The number of rotatable bonds is 5. The van der Waals surface area contributed by atoms with Crippen molar-refractivity contribution in [3.05, 3.63) is 0 Å². The van der Waals surface area contributed by atoms with Crippen LogP contribution in [-0.4, -0.2) is 36.2 Å². The highest BCUT2D eigenvalue weighted by molar-refractivity contribution is 5.81. The number of carboxylic acids is 1. The zero-order chi connectivity index (χ0) is 12.1. The van der Waals surface area contributed by atoms with Gasteiger partial charge in [0.25, 0.3) is 0 Å². The van der Waals surface area contributed by atoms with E-state index in [0.717, 1.165) is 12.8 Å². The average molecular weight is 229 g/mol.